The van der Waals surface area contributed by atoms with Gasteiger partial charge in [-0.05, 0) is 22.5 Å². The lowest BCUT2D eigenvalue weighted by atomic mass is 9.79. The Balaban J connectivity index is 3.57. The second-order valence-electron chi connectivity index (χ2n) is 6.88. The second kappa shape index (κ2) is 5.27. The van der Waals surface area contributed by atoms with E-state index >= 15 is 0 Å². The fraction of sp³-hybridized carbons (Fsp3) is 0.529. The van der Waals surface area contributed by atoms with E-state index in [0.29, 0.717) is 5.56 Å². The van der Waals surface area contributed by atoms with Crippen molar-refractivity contribution in [1.82, 2.24) is 0 Å². The van der Waals surface area contributed by atoms with Crippen LogP contribution in [0.5, 0.6) is 5.75 Å². The Bertz CT molecular complexity index is 517. The normalized spacial score (nSPS) is 11.9. The van der Waals surface area contributed by atoms with Crippen LogP contribution in [0.15, 0.2) is 12.1 Å². The van der Waals surface area contributed by atoms with Crippen molar-refractivity contribution < 1.29 is 10.2 Å². The van der Waals surface area contributed by atoms with Gasteiger partial charge in [0.1, 0.15) is 12.4 Å². The van der Waals surface area contributed by atoms with Crippen molar-refractivity contribution in [2.75, 3.05) is 6.61 Å². The smallest absolute Gasteiger partial charge is 0.134 e. The van der Waals surface area contributed by atoms with Crippen molar-refractivity contribution in [3.8, 4) is 17.6 Å². The molecule has 0 aliphatic rings. The molecule has 104 valence electrons. The molecule has 0 heterocycles. The first kappa shape index (κ1) is 15.6. The van der Waals surface area contributed by atoms with Crippen LogP contribution < -0.4 is 0 Å². The van der Waals surface area contributed by atoms with Crippen LogP contribution >= 0.6 is 0 Å². The molecule has 1 rings (SSSR count). The fourth-order valence-corrected chi connectivity index (χ4v) is 1.87. The van der Waals surface area contributed by atoms with Crippen molar-refractivity contribution >= 4 is 0 Å². The van der Waals surface area contributed by atoms with Gasteiger partial charge in [-0.15, -0.1) is 0 Å². The Morgan fingerprint density at radius 1 is 1.00 bits per heavy atom. The summed E-state index contributed by atoms with van der Waals surface area (Å²) < 4.78 is 0. The summed E-state index contributed by atoms with van der Waals surface area (Å²) in [6.07, 6.45) is 0. The number of benzene rings is 1. The summed E-state index contributed by atoms with van der Waals surface area (Å²) in [4.78, 5) is 0. The van der Waals surface area contributed by atoms with E-state index in [1.54, 1.807) is 0 Å². The highest BCUT2D eigenvalue weighted by Gasteiger charge is 2.24. The monoisotopic (exact) mass is 260 g/mol. The number of hydrogen-bond donors (Lipinski definition) is 2. The molecule has 0 amide bonds. The van der Waals surface area contributed by atoms with Gasteiger partial charge in [0.25, 0.3) is 0 Å². The van der Waals surface area contributed by atoms with Crippen LogP contribution in [0.1, 0.15) is 58.2 Å². The molecule has 0 aliphatic carbocycles. The van der Waals surface area contributed by atoms with Gasteiger partial charge in [0, 0.05) is 5.56 Å². The van der Waals surface area contributed by atoms with Crippen molar-refractivity contribution in [3.63, 3.8) is 0 Å². The molecule has 0 atom stereocenters. The minimum Gasteiger partial charge on any atom is -0.506 e. The summed E-state index contributed by atoms with van der Waals surface area (Å²) in [6.45, 7) is 12.4. The van der Waals surface area contributed by atoms with Crippen LogP contribution in [0.2, 0.25) is 0 Å². The van der Waals surface area contributed by atoms with Crippen LogP contribution in [0.3, 0.4) is 0 Å². The molecule has 0 fully saturated rings. The van der Waals surface area contributed by atoms with E-state index in [1.165, 1.54) is 0 Å². The van der Waals surface area contributed by atoms with Crippen LogP contribution in [-0.4, -0.2) is 16.8 Å². The fourth-order valence-electron chi connectivity index (χ4n) is 1.87. The predicted octanol–water partition coefficient (Wildman–Crippen LogP) is 3.33. The van der Waals surface area contributed by atoms with Crippen LogP contribution in [-0.2, 0) is 10.8 Å². The van der Waals surface area contributed by atoms with Gasteiger partial charge >= 0.3 is 0 Å². The van der Waals surface area contributed by atoms with E-state index < -0.39 is 0 Å². The number of rotatable bonds is 0. The van der Waals surface area contributed by atoms with Crippen LogP contribution in [0.25, 0.3) is 0 Å². The number of phenols is 1. The highest BCUT2D eigenvalue weighted by atomic mass is 16.3. The van der Waals surface area contributed by atoms with Crippen molar-refractivity contribution in [2.45, 2.75) is 52.4 Å². The molecule has 0 spiro atoms. The first-order chi connectivity index (χ1) is 8.57. The zero-order chi connectivity index (χ0) is 14.8. The lowest BCUT2D eigenvalue weighted by Crippen LogP contribution is -2.17. The first-order valence-electron chi connectivity index (χ1n) is 6.55. The maximum atomic E-state index is 10.4. The minimum absolute atomic E-state index is 0.0106. The second-order valence-corrected chi connectivity index (χ2v) is 6.88. The first-order valence-corrected chi connectivity index (χ1v) is 6.55. The molecule has 1 aromatic carbocycles. The Kier molecular flexibility index (Phi) is 4.32. The summed E-state index contributed by atoms with van der Waals surface area (Å²) in [7, 11) is 0. The lowest BCUT2D eigenvalue weighted by molar-refractivity contribution is 0.350. The highest BCUT2D eigenvalue weighted by Crippen LogP contribution is 2.37. The van der Waals surface area contributed by atoms with Crippen molar-refractivity contribution in [3.05, 3.63) is 28.8 Å². The molecule has 2 heteroatoms. The van der Waals surface area contributed by atoms with E-state index in [1.807, 2.05) is 6.07 Å². The third-order valence-corrected chi connectivity index (χ3v) is 3.09. The van der Waals surface area contributed by atoms with Crippen molar-refractivity contribution in [2.24, 2.45) is 0 Å². The number of aliphatic hydroxyl groups is 1. The maximum absolute atomic E-state index is 10.4. The number of aliphatic hydroxyl groups excluding tert-OH is 1. The Labute approximate surface area is 116 Å². The molecular weight excluding hydrogens is 236 g/mol. The predicted molar refractivity (Wildman–Crippen MR) is 79.5 cm³/mol. The summed E-state index contributed by atoms with van der Waals surface area (Å²) >= 11 is 0. The standard InChI is InChI=1S/C17H24O2/c1-16(2,3)13-10-12(8-7-9-18)15(19)14(11-13)17(4,5)6/h10-11,18-19H,9H2,1-6H3. The van der Waals surface area contributed by atoms with Gasteiger partial charge in [-0.3, -0.25) is 0 Å². The molecule has 0 saturated carbocycles. The molecule has 0 aliphatic heterocycles. The Morgan fingerprint density at radius 3 is 2.00 bits per heavy atom. The molecule has 1 aromatic rings. The summed E-state index contributed by atoms with van der Waals surface area (Å²) in [5, 5.41) is 19.2. The van der Waals surface area contributed by atoms with E-state index in [2.05, 4.69) is 59.4 Å². The van der Waals surface area contributed by atoms with Gasteiger partial charge in [0.05, 0.1) is 5.56 Å². The number of aromatic hydroxyl groups is 1. The third kappa shape index (κ3) is 3.75. The topological polar surface area (TPSA) is 40.5 Å². The van der Waals surface area contributed by atoms with E-state index in [0.717, 1.165) is 11.1 Å². The minimum atomic E-state index is -0.204. The Morgan fingerprint density at radius 2 is 1.58 bits per heavy atom. The molecule has 0 unspecified atom stereocenters. The largest absolute Gasteiger partial charge is 0.506 e. The molecule has 0 bridgehead atoms. The van der Waals surface area contributed by atoms with Gasteiger partial charge in [-0.25, -0.2) is 0 Å². The maximum Gasteiger partial charge on any atom is 0.134 e. The van der Waals surface area contributed by atoms with Gasteiger partial charge in [0.15, 0.2) is 0 Å². The third-order valence-electron chi connectivity index (χ3n) is 3.09. The lowest BCUT2D eigenvalue weighted by Gasteiger charge is -2.26. The van der Waals surface area contributed by atoms with E-state index in [-0.39, 0.29) is 23.2 Å². The van der Waals surface area contributed by atoms with Crippen LogP contribution in [0, 0.1) is 11.8 Å². The number of phenolic OH excluding ortho intramolecular Hbond substituents is 1. The molecular formula is C17H24O2. The van der Waals surface area contributed by atoms with Gasteiger partial charge in [0.2, 0.25) is 0 Å². The summed E-state index contributed by atoms with van der Waals surface area (Å²) in [5.41, 5.74) is 2.45. The molecule has 2 nitrogen and oxygen atoms in total. The average molecular weight is 260 g/mol. The highest BCUT2D eigenvalue weighted by molar-refractivity contribution is 5.55. The number of hydrogen-bond acceptors (Lipinski definition) is 2. The quantitative estimate of drug-likeness (QED) is 0.702. The van der Waals surface area contributed by atoms with Gasteiger partial charge in [-0.2, -0.15) is 0 Å². The van der Waals surface area contributed by atoms with E-state index in [9.17, 15) is 5.11 Å². The molecule has 19 heavy (non-hydrogen) atoms. The molecule has 0 saturated heterocycles. The van der Waals surface area contributed by atoms with Crippen molar-refractivity contribution in [1.29, 1.82) is 0 Å². The Hall–Kier alpha value is -1.46. The zero-order valence-corrected chi connectivity index (χ0v) is 12.8. The summed E-state index contributed by atoms with van der Waals surface area (Å²) in [5.74, 6) is 5.67. The van der Waals surface area contributed by atoms with Gasteiger partial charge in [-0.1, -0.05) is 59.4 Å². The average Bonchev–Trinajstić information content (AvgIpc) is 2.24. The van der Waals surface area contributed by atoms with Gasteiger partial charge < -0.3 is 10.2 Å². The summed E-state index contributed by atoms with van der Waals surface area (Å²) in [6, 6.07) is 3.96. The van der Waals surface area contributed by atoms with E-state index in [4.69, 9.17) is 5.11 Å². The SMILES string of the molecule is CC(C)(C)c1cc(C#CCO)c(O)c(C(C)(C)C)c1. The molecule has 0 aromatic heterocycles. The van der Waals surface area contributed by atoms with Crippen LogP contribution in [0.4, 0.5) is 0 Å². The molecule has 0 radical (unpaired) electrons. The molecule has 2 N–H and O–H groups in total. The zero-order valence-electron chi connectivity index (χ0n) is 12.8.